The van der Waals surface area contributed by atoms with Crippen molar-refractivity contribution in [2.45, 2.75) is 25.4 Å². The van der Waals surface area contributed by atoms with Gasteiger partial charge in [0.25, 0.3) is 5.91 Å². The van der Waals surface area contributed by atoms with Crippen LogP contribution in [0.5, 0.6) is 11.5 Å². The van der Waals surface area contributed by atoms with Gasteiger partial charge in [-0.3, -0.25) is 14.5 Å². The maximum absolute atomic E-state index is 15.2. The van der Waals surface area contributed by atoms with Gasteiger partial charge in [0.15, 0.2) is 18.2 Å². The molecule has 5 rings (SSSR count). The molecular formula is C24H25FN4O4. The normalized spacial score (nSPS) is 17.7. The largest absolute Gasteiger partial charge is 0.493 e. The van der Waals surface area contributed by atoms with Crippen LogP contribution in [0.15, 0.2) is 36.8 Å². The molecule has 2 aromatic heterocycles. The minimum absolute atomic E-state index is 0.00827. The number of carbonyl (C=O) groups excluding carboxylic acids is 1. The van der Waals surface area contributed by atoms with Gasteiger partial charge in [-0.05, 0) is 30.5 Å². The summed E-state index contributed by atoms with van der Waals surface area (Å²) in [5.41, 5.74) is 3.33. The number of nitrogens with zero attached hydrogens (tertiary/aromatic N) is 4. The molecule has 1 aromatic carbocycles. The van der Waals surface area contributed by atoms with E-state index in [0.29, 0.717) is 25.1 Å². The van der Waals surface area contributed by atoms with Crippen molar-refractivity contribution in [1.82, 2.24) is 19.7 Å². The molecule has 1 saturated heterocycles. The van der Waals surface area contributed by atoms with Crippen LogP contribution in [0, 0.1) is 5.82 Å². The fourth-order valence-corrected chi connectivity index (χ4v) is 4.33. The molecule has 1 unspecified atom stereocenters. The monoisotopic (exact) mass is 452 g/mol. The van der Waals surface area contributed by atoms with Gasteiger partial charge in [-0.1, -0.05) is 6.07 Å². The Morgan fingerprint density at radius 3 is 2.85 bits per heavy atom. The predicted octanol–water partition coefficient (Wildman–Crippen LogP) is 3.19. The zero-order valence-electron chi connectivity index (χ0n) is 18.6. The third-order valence-electron chi connectivity index (χ3n) is 6.01. The van der Waals surface area contributed by atoms with Crippen molar-refractivity contribution >= 4 is 5.91 Å². The number of pyridine rings is 1. The van der Waals surface area contributed by atoms with Crippen LogP contribution in [0.3, 0.4) is 0 Å². The Labute approximate surface area is 190 Å². The first-order chi connectivity index (χ1) is 16.0. The zero-order chi connectivity index (χ0) is 22.9. The third kappa shape index (κ3) is 4.16. The van der Waals surface area contributed by atoms with Crippen molar-refractivity contribution < 1.29 is 23.4 Å². The van der Waals surface area contributed by atoms with Gasteiger partial charge in [0, 0.05) is 43.6 Å². The Bertz CT molecular complexity index is 1170. The summed E-state index contributed by atoms with van der Waals surface area (Å²) in [7, 11) is 3.26. The smallest absolute Gasteiger partial charge is 0.260 e. The second-order valence-corrected chi connectivity index (χ2v) is 8.33. The summed E-state index contributed by atoms with van der Waals surface area (Å²) >= 11 is 0. The van der Waals surface area contributed by atoms with Crippen LogP contribution < -0.4 is 9.47 Å². The highest BCUT2D eigenvalue weighted by atomic mass is 19.1. The van der Waals surface area contributed by atoms with Crippen LogP contribution in [0.25, 0.3) is 11.3 Å². The van der Waals surface area contributed by atoms with Crippen molar-refractivity contribution in [2.75, 3.05) is 27.0 Å². The number of aryl methyl sites for hydroxylation is 1. The number of hydrogen-bond donors (Lipinski definition) is 0. The third-order valence-corrected chi connectivity index (χ3v) is 6.01. The first-order valence-corrected chi connectivity index (χ1v) is 10.9. The van der Waals surface area contributed by atoms with E-state index in [1.807, 2.05) is 25.4 Å². The molecule has 172 valence electrons. The summed E-state index contributed by atoms with van der Waals surface area (Å²) in [5.74, 6) is -0.908. The van der Waals surface area contributed by atoms with Gasteiger partial charge in [0.2, 0.25) is 5.82 Å². The summed E-state index contributed by atoms with van der Waals surface area (Å²) in [5, 5.41) is 4.16. The first-order valence-electron chi connectivity index (χ1n) is 10.9. The van der Waals surface area contributed by atoms with Gasteiger partial charge < -0.3 is 19.1 Å². The highest BCUT2D eigenvalue weighted by Gasteiger charge is 2.33. The average Bonchev–Trinajstić information content (AvgIpc) is 3.49. The van der Waals surface area contributed by atoms with Crippen molar-refractivity contribution in [2.24, 2.45) is 7.05 Å². The van der Waals surface area contributed by atoms with E-state index in [1.165, 1.54) is 7.11 Å². The van der Waals surface area contributed by atoms with E-state index in [9.17, 15) is 4.79 Å². The molecule has 0 spiro atoms. The number of fused-ring (bicyclic) bond motifs is 1. The molecule has 1 atom stereocenters. The van der Waals surface area contributed by atoms with Crippen LogP contribution >= 0.6 is 0 Å². The number of hydrogen-bond acceptors (Lipinski definition) is 6. The fourth-order valence-electron chi connectivity index (χ4n) is 4.33. The SMILES string of the molecule is COc1c(Cc2ccc(-c3cnn(C)c3)nc2)cc2c(c1F)OCN(CC1CCCO1)C2=O. The number of ether oxygens (including phenoxy) is 3. The molecule has 2 aliphatic heterocycles. The zero-order valence-corrected chi connectivity index (χ0v) is 18.6. The molecule has 4 heterocycles. The number of rotatable bonds is 6. The maximum Gasteiger partial charge on any atom is 0.260 e. The van der Waals surface area contributed by atoms with E-state index in [4.69, 9.17) is 14.2 Å². The standard InChI is InChI=1S/C24H25FN4O4/c1-28-12-17(11-27-28)20-6-5-15(10-26-20)8-16-9-19-23(21(25)22(16)31-2)33-14-29(24(19)30)13-18-4-3-7-32-18/h5-6,9-12,18H,3-4,7-8,13-14H2,1-2H3. The summed E-state index contributed by atoms with van der Waals surface area (Å²) in [6, 6.07) is 5.48. The maximum atomic E-state index is 15.2. The lowest BCUT2D eigenvalue weighted by Crippen LogP contribution is -2.43. The van der Waals surface area contributed by atoms with Crippen molar-refractivity contribution in [3.63, 3.8) is 0 Å². The van der Waals surface area contributed by atoms with E-state index in [0.717, 1.165) is 29.7 Å². The van der Waals surface area contributed by atoms with Gasteiger partial charge in [0.05, 0.1) is 37.2 Å². The lowest BCUT2D eigenvalue weighted by Gasteiger charge is -2.31. The number of methoxy groups -OCH3 is 1. The van der Waals surface area contributed by atoms with Crippen LogP contribution in [0.2, 0.25) is 0 Å². The number of carbonyl (C=O) groups is 1. The molecule has 3 aromatic rings. The Hall–Kier alpha value is -3.46. The number of halogens is 1. The van der Waals surface area contributed by atoms with Crippen molar-refractivity contribution in [1.29, 1.82) is 0 Å². The van der Waals surface area contributed by atoms with Gasteiger partial charge in [0.1, 0.15) is 0 Å². The highest BCUT2D eigenvalue weighted by Crippen LogP contribution is 2.38. The molecule has 9 heteroatoms. The van der Waals surface area contributed by atoms with Crippen molar-refractivity contribution in [3.8, 4) is 22.8 Å². The molecule has 2 aliphatic rings. The van der Waals surface area contributed by atoms with Crippen LogP contribution in [0.1, 0.15) is 34.3 Å². The Morgan fingerprint density at radius 2 is 2.18 bits per heavy atom. The molecule has 0 aliphatic carbocycles. The Balaban J connectivity index is 1.41. The minimum atomic E-state index is -0.657. The van der Waals surface area contributed by atoms with Gasteiger partial charge in [-0.2, -0.15) is 9.49 Å². The van der Waals surface area contributed by atoms with E-state index in [2.05, 4.69) is 10.1 Å². The number of benzene rings is 1. The molecule has 0 N–H and O–H groups in total. The topological polar surface area (TPSA) is 78.7 Å². The van der Waals surface area contributed by atoms with Gasteiger partial charge in [-0.25, -0.2) is 0 Å². The number of amides is 1. The van der Waals surface area contributed by atoms with Crippen LogP contribution in [-0.4, -0.2) is 58.7 Å². The quantitative estimate of drug-likeness (QED) is 0.572. The summed E-state index contributed by atoms with van der Waals surface area (Å²) in [6.45, 7) is 1.12. The van der Waals surface area contributed by atoms with Gasteiger partial charge in [-0.15, -0.1) is 0 Å². The first kappa shape index (κ1) is 21.4. The summed E-state index contributed by atoms with van der Waals surface area (Å²) in [6.07, 6.45) is 7.60. The lowest BCUT2D eigenvalue weighted by molar-refractivity contribution is 0.0249. The molecule has 0 bridgehead atoms. The van der Waals surface area contributed by atoms with Crippen LogP contribution in [-0.2, 0) is 18.2 Å². The summed E-state index contributed by atoms with van der Waals surface area (Å²) in [4.78, 5) is 19.2. The predicted molar refractivity (Wildman–Crippen MR) is 118 cm³/mol. The second kappa shape index (κ2) is 8.82. The lowest BCUT2D eigenvalue weighted by atomic mass is 9.99. The van der Waals surface area contributed by atoms with E-state index in [1.54, 1.807) is 28.0 Å². The summed E-state index contributed by atoms with van der Waals surface area (Å²) < 4.78 is 33.6. The average molecular weight is 452 g/mol. The van der Waals surface area contributed by atoms with Crippen LogP contribution in [0.4, 0.5) is 4.39 Å². The molecule has 8 nitrogen and oxygen atoms in total. The molecule has 1 amide bonds. The molecular weight excluding hydrogens is 427 g/mol. The molecule has 1 fully saturated rings. The Morgan fingerprint density at radius 1 is 1.30 bits per heavy atom. The highest BCUT2D eigenvalue weighted by molar-refractivity contribution is 5.98. The second-order valence-electron chi connectivity index (χ2n) is 8.33. The number of aromatic nitrogens is 3. The van der Waals surface area contributed by atoms with E-state index in [-0.39, 0.29) is 35.8 Å². The molecule has 0 saturated carbocycles. The van der Waals surface area contributed by atoms with E-state index >= 15 is 4.39 Å². The van der Waals surface area contributed by atoms with Crippen molar-refractivity contribution in [3.05, 3.63) is 59.3 Å². The molecule has 0 radical (unpaired) electrons. The van der Waals surface area contributed by atoms with Gasteiger partial charge >= 0.3 is 0 Å². The van der Waals surface area contributed by atoms with E-state index < -0.39 is 5.82 Å². The molecule has 33 heavy (non-hydrogen) atoms. The fraction of sp³-hybridized carbons (Fsp3) is 0.375. The Kier molecular flexibility index (Phi) is 5.72. The minimum Gasteiger partial charge on any atom is -0.493 e.